The number of hydrogen-bond donors (Lipinski definition) is 2. The molecule has 1 fully saturated rings. The molecule has 1 aromatic heterocycles. The van der Waals surface area contributed by atoms with E-state index in [2.05, 4.69) is 15.9 Å². The van der Waals surface area contributed by atoms with Gasteiger partial charge in [-0.2, -0.15) is 17.6 Å². The molecule has 2 aliphatic rings. The van der Waals surface area contributed by atoms with Crippen LogP contribution in [0.5, 0.6) is 0 Å². The van der Waals surface area contributed by atoms with Crippen molar-refractivity contribution in [1.82, 2.24) is 10.5 Å². The number of halogens is 5. The molecule has 1 aliphatic heterocycles. The fraction of sp³-hybridized carbons (Fsp3) is 0.389. The highest BCUT2D eigenvalue weighted by Gasteiger charge is 2.41. The van der Waals surface area contributed by atoms with Crippen molar-refractivity contribution < 1.29 is 17.6 Å². The second kappa shape index (κ2) is 7.52. The predicted octanol–water partition coefficient (Wildman–Crippen LogP) is 5.65. The van der Waals surface area contributed by atoms with Gasteiger partial charge < -0.3 is 5.43 Å². The SMILES string of the molecule is CC.Fc1nc(Cl)ccc1-c1ccc2c(c1C(F)(F)F)NNN2CC1CC1. The van der Waals surface area contributed by atoms with Gasteiger partial charge in [0.15, 0.2) is 0 Å². The summed E-state index contributed by atoms with van der Waals surface area (Å²) < 4.78 is 55.3. The van der Waals surface area contributed by atoms with Crippen molar-refractivity contribution in [2.24, 2.45) is 5.92 Å². The van der Waals surface area contributed by atoms with Crippen molar-refractivity contribution in [3.63, 3.8) is 0 Å². The van der Waals surface area contributed by atoms with E-state index in [0.717, 1.165) is 12.8 Å². The molecule has 0 amide bonds. The molecule has 1 aliphatic carbocycles. The molecule has 4 rings (SSSR count). The van der Waals surface area contributed by atoms with Crippen LogP contribution in [-0.4, -0.2) is 11.5 Å². The molecule has 0 unspecified atom stereocenters. The van der Waals surface area contributed by atoms with Crippen molar-refractivity contribution in [1.29, 1.82) is 0 Å². The molecule has 2 heterocycles. The molecule has 0 atom stereocenters. The fourth-order valence-electron chi connectivity index (χ4n) is 2.96. The topological polar surface area (TPSA) is 40.2 Å². The highest BCUT2D eigenvalue weighted by atomic mass is 35.5. The van der Waals surface area contributed by atoms with Crippen molar-refractivity contribution >= 4 is 23.0 Å². The minimum Gasteiger partial charge on any atom is -0.301 e. The van der Waals surface area contributed by atoms with Crippen LogP contribution in [0.2, 0.25) is 5.15 Å². The number of nitrogens with one attached hydrogen (secondary N) is 2. The van der Waals surface area contributed by atoms with Crippen LogP contribution in [0.4, 0.5) is 28.9 Å². The molecule has 0 radical (unpaired) electrons. The van der Waals surface area contributed by atoms with Crippen LogP contribution in [0.1, 0.15) is 32.3 Å². The third-order valence-corrected chi connectivity index (χ3v) is 4.53. The Labute approximate surface area is 159 Å². The van der Waals surface area contributed by atoms with Crippen molar-refractivity contribution in [2.75, 3.05) is 17.0 Å². The average Bonchev–Trinajstić information content (AvgIpc) is 3.34. The molecule has 2 aromatic rings. The number of alkyl halides is 3. The minimum absolute atomic E-state index is 0.111. The zero-order chi connectivity index (χ0) is 19.8. The van der Waals surface area contributed by atoms with Gasteiger partial charge in [0.2, 0.25) is 5.95 Å². The number of hydrazine groups is 2. The largest absolute Gasteiger partial charge is 0.419 e. The van der Waals surface area contributed by atoms with Gasteiger partial charge in [0.1, 0.15) is 5.15 Å². The number of aromatic nitrogens is 1. The van der Waals surface area contributed by atoms with E-state index in [9.17, 15) is 17.6 Å². The summed E-state index contributed by atoms with van der Waals surface area (Å²) >= 11 is 5.60. The van der Waals surface area contributed by atoms with Gasteiger partial charge in [0.05, 0.1) is 16.9 Å². The Kier molecular flexibility index (Phi) is 5.48. The van der Waals surface area contributed by atoms with E-state index in [0.29, 0.717) is 18.2 Å². The molecule has 1 aromatic carbocycles. The number of anilines is 2. The van der Waals surface area contributed by atoms with E-state index in [1.807, 2.05) is 13.8 Å². The van der Waals surface area contributed by atoms with Crippen molar-refractivity contribution in [3.05, 3.63) is 40.9 Å². The molecule has 27 heavy (non-hydrogen) atoms. The summed E-state index contributed by atoms with van der Waals surface area (Å²) in [4.78, 5) is 3.41. The highest BCUT2D eigenvalue weighted by molar-refractivity contribution is 6.29. The number of benzene rings is 1. The normalized spacial score (nSPS) is 15.7. The molecule has 0 bridgehead atoms. The fourth-order valence-corrected chi connectivity index (χ4v) is 3.10. The minimum atomic E-state index is -4.67. The summed E-state index contributed by atoms with van der Waals surface area (Å²) in [5.74, 6) is -0.564. The van der Waals surface area contributed by atoms with E-state index in [-0.39, 0.29) is 22.0 Å². The lowest BCUT2D eigenvalue weighted by Crippen LogP contribution is -2.37. The quantitative estimate of drug-likeness (QED) is 0.514. The van der Waals surface area contributed by atoms with Gasteiger partial charge in [-0.1, -0.05) is 31.5 Å². The van der Waals surface area contributed by atoms with Crippen LogP contribution in [-0.2, 0) is 6.18 Å². The van der Waals surface area contributed by atoms with Crippen LogP contribution in [0.3, 0.4) is 0 Å². The average molecular weight is 403 g/mol. The van der Waals surface area contributed by atoms with Gasteiger partial charge in [0.25, 0.3) is 0 Å². The number of nitrogens with zero attached hydrogens (tertiary/aromatic N) is 2. The Bertz CT molecular complexity index is 837. The summed E-state index contributed by atoms with van der Waals surface area (Å²) in [6.07, 6.45) is -2.53. The summed E-state index contributed by atoms with van der Waals surface area (Å²) in [5.41, 5.74) is 4.17. The van der Waals surface area contributed by atoms with E-state index >= 15 is 0 Å². The molecule has 1 saturated carbocycles. The number of pyridine rings is 1. The lowest BCUT2D eigenvalue weighted by atomic mass is 9.97. The third kappa shape index (κ3) is 3.96. The highest BCUT2D eigenvalue weighted by Crippen LogP contribution is 2.48. The molecule has 0 spiro atoms. The first-order valence-electron chi connectivity index (χ1n) is 8.70. The Morgan fingerprint density at radius 1 is 1.15 bits per heavy atom. The van der Waals surface area contributed by atoms with Crippen LogP contribution >= 0.6 is 11.6 Å². The number of rotatable bonds is 3. The maximum atomic E-state index is 14.1. The standard InChI is InChI=1S/C16H13ClF4N4.C2H6/c17-12-6-4-10(15(18)22-12)9-3-5-11-14(13(9)16(19,20)21)23-24-25(11)7-8-1-2-8;1-2/h3-6,8,23-24H,1-2,7H2;1-2H3. The van der Waals surface area contributed by atoms with E-state index in [1.165, 1.54) is 18.2 Å². The van der Waals surface area contributed by atoms with Gasteiger partial charge in [-0.05, 0) is 37.0 Å². The van der Waals surface area contributed by atoms with Crippen LogP contribution in [0.15, 0.2) is 24.3 Å². The van der Waals surface area contributed by atoms with Gasteiger partial charge in [-0.25, -0.2) is 4.98 Å². The first kappa shape index (κ1) is 19.7. The monoisotopic (exact) mass is 402 g/mol. The second-order valence-corrected chi connectivity index (χ2v) is 6.53. The summed E-state index contributed by atoms with van der Waals surface area (Å²) in [6.45, 7) is 4.62. The second-order valence-electron chi connectivity index (χ2n) is 6.14. The Balaban J connectivity index is 0.00000102. The Morgan fingerprint density at radius 2 is 1.81 bits per heavy atom. The lowest BCUT2D eigenvalue weighted by Gasteiger charge is -2.19. The molecule has 146 valence electrons. The molecule has 0 saturated heterocycles. The summed E-state index contributed by atoms with van der Waals surface area (Å²) in [6, 6.07) is 5.28. The first-order chi connectivity index (χ1) is 12.8. The maximum absolute atomic E-state index is 14.1. The van der Waals surface area contributed by atoms with Crippen LogP contribution in [0, 0.1) is 11.9 Å². The van der Waals surface area contributed by atoms with Crippen molar-refractivity contribution in [3.8, 4) is 11.1 Å². The summed E-state index contributed by atoms with van der Waals surface area (Å²) in [7, 11) is 0. The maximum Gasteiger partial charge on any atom is 0.419 e. The smallest absolute Gasteiger partial charge is 0.301 e. The Morgan fingerprint density at radius 3 is 2.41 bits per heavy atom. The van der Waals surface area contributed by atoms with E-state index < -0.39 is 17.7 Å². The van der Waals surface area contributed by atoms with E-state index in [4.69, 9.17) is 11.6 Å². The van der Waals surface area contributed by atoms with Crippen LogP contribution in [0.25, 0.3) is 11.1 Å². The van der Waals surface area contributed by atoms with E-state index in [1.54, 1.807) is 11.1 Å². The van der Waals surface area contributed by atoms with Gasteiger partial charge in [-0.3, -0.25) is 5.01 Å². The predicted molar refractivity (Wildman–Crippen MR) is 97.8 cm³/mol. The van der Waals surface area contributed by atoms with Gasteiger partial charge in [0, 0.05) is 17.7 Å². The lowest BCUT2D eigenvalue weighted by molar-refractivity contribution is -0.136. The molecular weight excluding hydrogens is 384 g/mol. The first-order valence-corrected chi connectivity index (χ1v) is 9.08. The molecule has 9 heteroatoms. The molecule has 4 nitrogen and oxygen atoms in total. The molecule has 2 N–H and O–H groups in total. The van der Waals surface area contributed by atoms with Crippen molar-refractivity contribution in [2.45, 2.75) is 32.9 Å². The summed E-state index contributed by atoms with van der Waals surface area (Å²) in [5, 5.41) is 1.54. The Hall–Kier alpha value is -2.06. The van der Waals surface area contributed by atoms with Gasteiger partial charge in [-0.15, -0.1) is 5.53 Å². The number of fused-ring (bicyclic) bond motifs is 1. The zero-order valence-corrected chi connectivity index (χ0v) is 15.5. The number of hydrogen-bond acceptors (Lipinski definition) is 4. The zero-order valence-electron chi connectivity index (χ0n) is 14.8. The third-order valence-electron chi connectivity index (χ3n) is 4.32. The van der Waals surface area contributed by atoms with Crippen LogP contribution < -0.4 is 16.0 Å². The molecular formula is C18H19ClF4N4. The van der Waals surface area contributed by atoms with Gasteiger partial charge >= 0.3 is 6.18 Å².